The van der Waals surface area contributed by atoms with Crippen LogP contribution in [0, 0.1) is 0 Å². The van der Waals surface area contributed by atoms with E-state index in [1.807, 2.05) is 0 Å². The summed E-state index contributed by atoms with van der Waals surface area (Å²) >= 11 is 17.7. The van der Waals surface area contributed by atoms with Crippen LogP contribution >= 0.6 is 34.8 Å². The fraction of sp³-hybridized carbons (Fsp3) is 0.158. The van der Waals surface area contributed by atoms with Crippen LogP contribution < -0.4 is 5.32 Å². The fourth-order valence-electron chi connectivity index (χ4n) is 2.14. The van der Waals surface area contributed by atoms with Gasteiger partial charge in [0.1, 0.15) is 4.90 Å². The van der Waals surface area contributed by atoms with Crippen molar-refractivity contribution in [1.82, 2.24) is 4.31 Å². The van der Waals surface area contributed by atoms with Crippen molar-refractivity contribution in [2.45, 2.75) is 4.90 Å². The van der Waals surface area contributed by atoms with Gasteiger partial charge in [0.05, 0.1) is 15.1 Å². The number of ether oxygens (including phenoxy) is 1. The van der Waals surface area contributed by atoms with E-state index in [4.69, 9.17) is 39.5 Å². The lowest BCUT2D eigenvalue weighted by molar-refractivity contribution is -0.142. The lowest BCUT2D eigenvalue weighted by Crippen LogP contribution is -2.23. The van der Waals surface area contributed by atoms with E-state index in [0.717, 1.165) is 10.4 Å². The number of anilines is 1. The molecule has 0 aromatic heterocycles. The van der Waals surface area contributed by atoms with Crippen LogP contribution in [0.15, 0.2) is 47.4 Å². The molecule has 2 aromatic rings. The molecule has 30 heavy (non-hydrogen) atoms. The van der Waals surface area contributed by atoms with Gasteiger partial charge >= 0.3 is 5.97 Å². The Kier molecular flexibility index (Phi) is 8.28. The third-order valence-electron chi connectivity index (χ3n) is 3.67. The number of esters is 1. The number of nitrogens with zero attached hydrogens (tertiary/aromatic N) is 1. The molecule has 1 N–H and O–H groups in total. The SMILES string of the molecule is CN(C)S(=O)(=O)c1cc(NC(=O)COC(=O)/C=C/c2ccc(Cl)c(Cl)c2)ccc1Cl. The van der Waals surface area contributed by atoms with Gasteiger partial charge in [-0.15, -0.1) is 0 Å². The summed E-state index contributed by atoms with van der Waals surface area (Å²) in [7, 11) is -1.07. The summed E-state index contributed by atoms with van der Waals surface area (Å²) in [6.07, 6.45) is 2.59. The van der Waals surface area contributed by atoms with E-state index in [1.54, 1.807) is 18.2 Å². The van der Waals surface area contributed by atoms with Gasteiger partial charge in [0.25, 0.3) is 5.91 Å². The van der Waals surface area contributed by atoms with Gasteiger partial charge in [0.2, 0.25) is 10.0 Å². The molecule has 0 radical (unpaired) electrons. The number of amides is 1. The first-order chi connectivity index (χ1) is 14.0. The average molecular weight is 492 g/mol. The van der Waals surface area contributed by atoms with Gasteiger partial charge in [-0.1, -0.05) is 40.9 Å². The van der Waals surface area contributed by atoms with E-state index in [9.17, 15) is 18.0 Å². The van der Waals surface area contributed by atoms with Crippen LogP contribution in [0.3, 0.4) is 0 Å². The van der Waals surface area contributed by atoms with Crippen LogP contribution in [-0.2, 0) is 24.3 Å². The van der Waals surface area contributed by atoms with Crippen molar-refractivity contribution >= 4 is 68.5 Å². The number of rotatable bonds is 7. The molecule has 0 bridgehead atoms. The fourth-order valence-corrected chi connectivity index (χ4v) is 3.84. The lowest BCUT2D eigenvalue weighted by Gasteiger charge is -2.14. The standard InChI is InChI=1S/C19H17Cl3N2O5S/c1-24(2)30(27,28)17-10-13(5-7-15(17)21)23-18(25)11-29-19(26)8-4-12-3-6-14(20)16(22)9-12/h3-10H,11H2,1-2H3,(H,23,25)/b8-4+. The van der Waals surface area contributed by atoms with Crippen molar-refractivity contribution in [2.75, 3.05) is 26.0 Å². The summed E-state index contributed by atoms with van der Waals surface area (Å²) in [4.78, 5) is 23.6. The largest absolute Gasteiger partial charge is 0.452 e. The predicted molar refractivity (Wildman–Crippen MR) is 117 cm³/mol. The highest BCUT2D eigenvalue weighted by Crippen LogP contribution is 2.27. The maximum atomic E-state index is 12.3. The van der Waals surface area contributed by atoms with Crippen LogP contribution in [-0.4, -0.2) is 45.3 Å². The summed E-state index contributed by atoms with van der Waals surface area (Å²) < 4.78 is 30.4. The molecule has 0 atom stereocenters. The third-order valence-corrected chi connectivity index (χ3v) is 6.71. The molecule has 7 nitrogen and oxygen atoms in total. The number of nitrogens with one attached hydrogen (secondary N) is 1. The first-order valence-corrected chi connectivity index (χ1v) is 10.9. The number of hydrogen-bond donors (Lipinski definition) is 1. The topological polar surface area (TPSA) is 92.8 Å². The first kappa shape index (κ1) is 24.2. The molecule has 0 heterocycles. The number of halogens is 3. The van der Waals surface area contributed by atoms with Crippen LogP contribution in [0.5, 0.6) is 0 Å². The first-order valence-electron chi connectivity index (χ1n) is 8.32. The van der Waals surface area contributed by atoms with Crippen molar-refractivity contribution in [3.05, 3.63) is 63.1 Å². The lowest BCUT2D eigenvalue weighted by atomic mass is 10.2. The molecular weight excluding hydrogens is 475 g/mol. The summed E-state index contributed by atoms with van der Waals surface area (Å²) in [5, 5.41) is 3.19. The van der Waals surface area contributed by atoms with Crippen molar-refractivity contribution in [3.63, 3.8) is 0 Å². The Morgan fingerprint density at radius 3 is 2.33 bits per heavy atom. The number of benzene rings is 2. The van der Waals surface area contributed by atoms with Crippen molar-refractivity contribution < 1.29 is 22.7 Å². The molecule has 0 saturated carbocycles. The zero-order valence-corrected chi connectivity index (χ0v) is 18.9. The molecular formula is C19H17Cl3N2O5S. The molecule has 11 heteroatoms. The van der Waals surface area contributed by atoms with Crippen molar-refractivity contribution in [1.29, 1.82) is 0 Å². The molecule has 1 amide bonds. The molecule has 2 rings (SSSR count). The zero-order valence-electron chi connectivity index (χ0n) is 15.9. The molecule has 0 fully saturated rings. The molecule has 0 aliphatic rings. The number of hydrogen-bond acceptors (Lipinski definition) is 5. The van der Waals surface area contributed by atoms with Gasteiger partial charge in [-0.25, -0.2) is 17.5 Å². The van der Waals surface area contributed by atoms with Crippen molar-refractivity contribution in [3.8, 4) is 0 Å². The van der Waals surface area contributed by atoms with E-state index in [2.05, 4.69) is 5.32 Å². The Bertz CT molecular complexity index is 1100. The van der Waals surface area contributed by atoms with Crippen LogP contribution in [0.1, 0.15) is 5.56 Å². The summed E-state index contributed by atoms with van der Waals surface area (Å²) in [6.45, 7) is -0.567. The van der Waals surface area contributed by atoms with E-state index in [-0.39, 0.29) is 15.6 Å². The second kappa shape index (κ2) is 10.3. The van der Waals surface area contributed by atoms with Gasteiger partial charge in [-0.2, -0.15) is 0 Å². The molecule has 0 saturated heterocycles. The van der Waals surface area contributed by atoms with E-state index < -0.39 is 28.5 Å². The Balaban J connectivity index is 1.97. The summed E-state index contributed by atoms with van der Waals surface area (Å²) in [6, 6.07) is 8.81. The maximum absolute atomic E-state index is 12.3. The highest BCUT2D eigenvalue weighted by Gasteiger charge is 2.21. The van der Waals surface area contributed by atoms with E-state index in [0.29, 0.717) is 15.6 Å². The summed E-state index contributed by atoms with van der Waals surface area (Å²) in [5.41, 5.74) is 0.814. The maximum Gasteiger partial charge on any atom is 0.331 e. The second-order valence-electron chi connectivity index (χ2n) is 6.10. The average Bonchev–Trinajstić information content (AvgIpc) is 2.68. The van der Waals surface area contributed by atoms with Gasteiger partial charge in [0, 0.05) is 25.9 Å². The Labute approximate surface area is 189 Å². The van der Waals surface area contributed by atoms with Gasteiger partial charge < -0.3 is 10.1 Å². The smallest absolute Gasteiger partial charge is 0.331 e. The molecule has 0 aliphatic heterocycles. The van der Waals surface area contributed by atoms with Crippen LogP contribution in [0.4, 0.5) is 5.69 Å². The second-order valence-corrected chi connectivity index (χ2v) is 9.44. The number of sulfonamides is 1. The van der Waals surface area contributed by atoms with Crippen molar-refractivity contribution in [2.24, 2.45) is 0 Å². The Morgan fingerprint density at radius 2 is 1.70 bits per heavy atom. The monoisotopic (exact) mass is 490 g/mol. The van der Waals surface area contributed by atoms with Crippen LogP contribution in [0.2, 0.25) is 15.1 Å². The number of carbonyl (C=O) groups is 2. The molecule has 0 spiro atoms. The molecule has 0 aliphatic carbocycles. The number of carbonyl (C=O) groups excluding carboxylic acids is 2. The zero-order chi connectivity index (χ0) is 22.5. The van der Waals surface area contributed by atoms with E-state index >= 15 is 0 Å². The van der Waals surface area contributed by atoms with Gasteiger partial charge in [0.15, 0.2) is 6.61 Å². The summed E-state index contributed by atoms with van der Waals surface area (Å²) in [5.74, 6) is -1.40. The quantitative estimate of drug-likeness (QED) is 0.465. The van der Waals surface area contributed by atoms with E-state index in [1.165, 1.54) is 38.4 Å². The Hall–Kier alpha value is -2.10. The van der Waals surface area contributed by atoms with Gasteiger partial charge in [-0.05, 0) is 42.0 Å². The third kappa shape index (κ3) is 6.45. The highest BCUT2D eigenvalue weighted by atomic mass is 35.5. The predicted octanol–water partition coefficient (Wildman–Crippen LogP) is 4.09. The molecule has 2 aromatic carbocycles. The normalized spacial score (nSPS) is 11.7. The minimum absolute atomic E-state index is 0.0144. The Morgan fingerprint density at radius 1 is 1.03 bits per heavy atom. The molecule has 160 valence electrons. The highest BCUT2D eigenvalue weighted by molar-refractivity contribution is 7.89. The van der Waals surface area contributed by atoms with Gasteiger partial charge in [-0.3, -0.25) is 4.79 Å². The molecule has 0 unspecified atom stereocenters. The minimum atomic E-state index is -3.79. The van der Waals surface area contributed by atoms with Crippen LogP contribution in [0.25, 0.3) is 6.08 Å². The minimum Gasteiger partial charge on any atom is -0.452 e.